The van der Waals surface area contributed by atoms with Gasteiger partial charge in [-0.2, -0.15) is 13.2 Å². The minimum absolute atomic E-state index is 0.193. The normalized spacial score (nSPS) is 11.6. The molecule has 0 aliphatic rings. The molecule has 0 fully saturated rings. The lowest BCUT2D eigenvalue weighted by molar-refractivity contribution is -0.124. The summed E-state index contributed by atoms with van der Waals surface area (Å²) in [4.78, 5) is 11.4. The van der Waals surface area contributed by atoms with E-state index in [1.54, 1.807) is 0 Å². The maximum atomic E-state index is 12.9. The third-order valence-corrected chi connectivity index (χ3v) is 2.09. The molecule has 2 nitrogen and oxygen atoms in total. The molecule has 0 saturated heterocycles. The first kappa shape index (κ1) is 13.6. The number of benzene rings is 1. The van der Waals surface area contributed by atoms with Crippen molar-refractivity contribution < 1.29 is 22.4 Å². The first-order valence-electron chi connectivity index (χ1n) is 4.86. The average Bonchev–Trinajstić information content (AvgIpc) is 2.20. The van der Waals surface area contributed by atoms with Crippen LogP contribution in [0, 0.1) is 12.7 Å². The van der Waals surface area contributed by atoms with Crippen LogP contribution in [0.1, 0.15) is 15.9 Å². The Labute approximate surface area is 95.6 Å². The molecule has 0 aliphatic heterocycles. The quantitative estimate of drug-likeness (QED) is 0.656. The van der Waals surface area contributed by atoms with Crippen LogP contribution in [0.4, 0.5) is 17.6 Å². The fraction of sp³-hybridized carbons (Fsp3) is 0.364. The van der Waals surface area contributed by atoms with Gasteiger partial charge in [0.15, 0.2) is 5.78 Å². The van der Waals surface area contributed by atoms with Gasteiger partial charge in [-0.25, -0.2) is 4.39 Å². The minimum atomic E-state index is -4.35. The molecule has 0 atom stereocenters. The first-order valence-corrected chi connectivity index (χ1v) is 4.86. The topological polar surface area (TPSA) is 29.1 Å². The van der Waals surface area contributed by atoms with Crippen molar-refractivity contribution in [1.82, 2.24) is 5.32 Å². The first-order chi connectivity index (χ1) is 7.79. The summed E-state index contributed by atoms with van der Waals surface area (Å²) in [5, 5.41) is 1.99. The number of alkyl halides is 3. The zero-order chi connectivity index (χ0) is 13.1. The molecule has 1 N–H and O–H groups in total. The highest BCUT2D eigenvalue weighted by Gasteiger charge is 2.26. The molecule has 0 amide bonds. The van der Waals surface area contributed by atoms with E-state index in [9.17, 15) is 22.4 Å². The Kier molecular flexibility index (Phi) is 4.22. The van der Waals surface area contributed by atoms with Crippen molar-refractivity contribution >= 4 is 5.78 Å². The molecule has 1 aromatic carbocycles. The van der Waals surface area contributed by atoms with Crippen LogP contribution < -0.4 is 5.32 Å². The smallest absolute Gasteiger partial charge is 0.302 e. The summed E-state index contributed by atoms with van der Waals surface area (Å²) in [6, 6.07) is 3.68. The maximum absolute atomic E-state index is 12.9. The zero-order valence-corrected chi connectivity index (χ0v) is 9.07. The van der Waals surface area contributed by atoms with E-state index in [4.69, 9.17) is 0 Å². The van der Waals surface area contributed by atoms with Crippen LogP contribution in [0.5, 0.6) is 0 Å². The lowest BCUT2D eigenvalue weighted by Gasteiger charge is -2.08. The fourth-order valence-electron chi connectivity index (χ4n) is 1.24. The van der Waals surface area contributed by atoms with Crippen LogP contribution in [0.15, 0.2) is 18.2 Å². The third kappa shape index (κ3) is 4.52. The number of halogens is 4. The van der Waals surface area contributed by atoms with Crippen LogP contribution in [-0.4, -0.2) is 25.0 Å². The Morgan fingerprint density at radius 1 is 1.35 bits per heavy atom. The van der Waals surface area contributed by atoms with E-state index in [2.05, 4.69) is 0 Å². The molecule has 0 bridgehead atoms. The molecule has 0 unspecified atom stereocenters. The van der Waals surface area contributed by atoms with Crippen LogP contribution in [0.2, 0.25) is 0 Å². The van der Waals surface area contributed by atoms with Crippen molar-refractivity contribution in [3.05, 3.63) is 35.1 Å². The van der Waals surface area contributed by atoms with Gasteiger partial charge < -0.3 is 5.32 Å². The number of Topliss-reactive ketones (excluding diaryl/α,β-unsaturated/α-hetero) is 1. The van der Waals surface area contributed by atoms with Crippen LogP contribution in [-0.2, 0) is 0 Å². The second-order valence-electron chi connectivity index (χ2n) is 3.61. The minimum Gasteiger partial charge on any atom is -0.302 e. The molecular weight excluding hydrogens is 238 g/mol. The van der Waals surface area contributed by atoms with E-state index in [-0.39, 0.29) is 11.1 Å². The van der Waals surface area contributed by atoms with Gasteiger partial charge in [-0.05, 0) is 30.7 Å². The van der Waals surface area contributed by atoms with E-state index in [0.717, 1.165) is 6.07 Å². The Balaban J connectivity index is 2.56. The highest BCUT2D eigenvalue weighted by atomic mass is 19.4. The van der Waals surface area contributed by atoms with Crippen LogP contribution in [0.25, 0.3) is 0 Å². The van der Waals surface area contributed by atoms with Gasteiger partial charge in [0.1, 0.15) is 5.82 Å². The molecule has 1 rings (SSSR count). The number of aryl methyl sites for hydroxylation is 1. The molecule has 17 heavy (non-hydrogen) atoms. The Morgan fingerprint density at radius 3 is 2.53 bits per heavy atom. The number of hydrogen-bond acceptors (Lipinski definition) is 2. The predicted octanol–water partition coefficient (Wildman–Crippen LogP) is 2.47. The lowest BCUT2D eigenvalue weighted by atomic mass is 10.1. The number of ketones is 1. The number of nitrogens with one attached hydrogen (secondary N) is 1. The highest BCUT2D eigenvalue weighted by molar-refractivity contribution is 5.97. The number of carbonyl (C=O) groups is 1. The molecule has 6 heteroatoms. The third-order valence-electron chi connectivity index (χ3n) is 2.09. The maximum Gasteiger partial charge on any atom is 0.401 e. The van der Waals surface area contributed by atoms with Crippen LogP contribution in [0.3, 0.4) is 0 Å². The average molecular weight is 249 g/mol. The second-order valence-corrected chi connectivity index (χ2v) is 3.61. The lowest BCUT2D eigenvalue weighted by Crippen LogP contribution is -2.32. The van der Waals surface area contributed by atoms with Crippen molar-refractivity contribution in [3.8, 4) is 0 Å². The highest BCUT2D eigenvalue weighted by Crippen LogP contribution is 2.12. The Bertz CT molecular complexity index is 414. The molecule has 0 aromatic heterocycles. The number of carbonyl (C=O) groups excluding carboxylic acids is 1. The van der Waals surface area contributed by atoms with Gasteiger partial charge in [0.25, 0.3) is 0 Å². The molecular formula is C11H11F4NO. The fourth-order valence-corrected chi connectivity index (χ4v) is 1.24. The number of hydrogen-bond donors (Lipinski definition) is 1. The van der Waals surface area contributed by atoms with E-state index >= 15 is 0 Å². The second kappa shape index (κ2) is 5.27. The van der Waals surface area contributed by atoms with Crippen molar-refractivity contribution in [2.45, 2.75) is 13.1 Å². The van der Waals surface area contributed by atoms with Gasteiger partial charge >= 0.3 is 6.18 Å². The molecule has 0 radical (unpaired) electrons. The summed E-state index contributed by atoms with van der Waals surface area (Å²) in [7, 11) is 0. The van der Waals surface area contributed by atoms with Gasteiger partial charge in [0.2, 0.25) is 0 Å². The van der Waals surface area contributed by atoms with Crippen molar-refractivity contribution in [1.29, 1.82) is 0 Å². The summed E-state index contributed by atoms with van der Waals surface area (Å²) in [5.41, 5.74) is 0.477. The Hall–Kier alpha value is -1.43. The molecule has 0 spiro atoms. The van der Waals surface area contributed by atoms with Gasteiger partial charge in [0.05, 0.1) is 13.1 Å². The summed E-state index contributed by atoms with van der Waals surface area (Å²) in [6.45, 7) is -0.168. The largest absolute Gasteiger partial charge is 0.401 e. The summed E-state index contributed by atoms with van der Waals surface area (Å²) in [5.74, 6) is -0.956. The predicted molar refractivity (Wildman–Crippen MR) is 54.4 cm³/mol. The molecule has 1 aromatic rings. The summed E-state index contributed by atoms with van der Waals surface area (Å²) in [6.07, 6.45) is -4.35. The van der Waals surface area contributed by atoms with Crippen LogP contribution >= 0.6 is 0 Å². The van der Waals surface area contributed by atoms with E-state index in [1.165, 1.54) is 19.1 Å². The Morgan fingerprint density at radius 2 is 2.00 bits per heavy atom. The van der Waals surface area contributed by atoms with E-state index in [1.807, 2.05) is 5.32 Å². The van der Waals surface area contributed by atoms with E-state index < -0.39 is 30.9 Å². The van der Waals surface area contributed by atoms with Crippen molar-refractivity contribution in [3.63, 3.8) is 0 Å². The summed E-state index contributed by atoms with van der Waals surface area (Å²) < 4.78 is 48.3. The number of rotatable bonds is 4. The molecule has 0 saturated carbocycles. The molecule has 94 valence electrons. The molecule has 0 heterocycles. The van der Waals surface area contributed by atoms with Gasteiger partial charge in [-0.1, -0.05) is 0 Å². The van der Waals surface area contributed by atoms with Crippen molar-refractivity contribution in [2.24, 2.45) is 0 Å². The van der Waals surface area contributed by atoms with Gasteiger partial charge in [0, 0.05) is 5.56 Å². The summed E-state index contributed by atoms with van der Waals surface area (Å²) >= 11 is 0. The zero-order valence-electron chi connectivity index (χ0n) is 9.07. The van der Waals surface area contributed by atoms with E-state index in [0.29, 0.717) is 0 Å². The monoisotopic (exact) mass is 249 g/mol. The van der Waals surface area contributed by atoms with Crippen molar-refractivity contribution in [2.75, 3.05) is 13.1 Å². The standard InChI is InChI=1S/C11H11F4NO/c1-7-4-8(2-3-9(7)12)10(17)5-16-6-11(13,14)15/h2-4,16H,5-6H2,1H3. The SMILES string of the molecule is Cc1cc(C(=O)CNCC(F)(F)F)ccc1F. The van der Waals surface area contributed by atoms with Gasteiger partial charge in [-0.15, -0.1) is 0 Å². The molecule has 0 aliphatic carbocycles. The van der Waals surface area contributed by atoms with Gasteiger partial charge in [-0.3, -0.25) is 4.79 Å².